The van der Waals surface area contributed by atoms with Gasteiger partial charge in [-0.05, 0) is 0 Å². The molecule has 6 N–H and O–H groups in total. The van der Waals surface area contributed by atoms with E-state index in [1.807, 2.05) is 0 Å². The van der Waals surface area contributed by atoms with Crippen LogP contribution in [0.3, 0.4) is 0 Å². The summed E-state index contributed by atoms with van der Waals surface area (Å²) < 4.78 is 0. The van der Waals surface area contributed by atoms with Crippen molar-refractivity contribution in [3.05, 3.63) is 0 Å². The number of carbonyl (C=O) groups excluding carboxylic acids is 1. The Morgan fingerprint density at radius 2 is 1.80 bits per heavy atom. The van der Waals surface area contributed by atoms with Crippen molar-refractivity contribution in [1.29, 1.82) is 0 Å². The zero-order valence-corrected chi connectivity index (χ0v) is 5.02. The number of amides is 1. The Morgan fingerprint density at radius 1 is 1.40 bits per heavy atom. The van der Waals surface area contributed by atoms with Gasteiger partial charge in [-0.3, -0.25) is 4.79 Å². The maximum atomic E-state index is 10.1. The third-order valence-electron chi connectivity index (χ3n) is 0.922. The number of primary amides is 1. The van der Waals surface area contributed by atoms with Gasteiger partial charge in [0.25, 0.3) is 0 Å². The van der Waals surface area contributed by atoms with Crippen molar-refractivity contribution in [1.82, 2.24) is 0 Å². The van der Waals surface area contributed by atoms with Crippen molar-refractivity contribution < 1.29 is 19.8 Å². The molecule has 6 heteroatoms. The predicted molar refractivity (Wildman–Crippen MR) is 30.8 cm³/mol. The van der Waals surface area contributed by atoms with Gasteiger partial charge in [-0.1, -0.05) is 0 Å². The summed E-state index contributed by atoms with van der Waals surface area (Å²) >= 11 is 0. The van der Waals surface area contributed by atoms with Crippen LogP contribution in [0.2, 0.25) is 0 Å². The van der Waals surface area contributed by atoms with Gasteiger partial charge in [-0.25, -0.2) is 4.79 Å². The summed E-state index contributed by atoms with van der Waals surface area (Å²) in [6.07, 6.45) is -1.92. The molecule has 0 aliphatic carbocycles. The molecule has 58 valence electrons. The van der Waals surface area contributed by atoms with Crippen LogP contribution in [0.1, 0.15) is 0 Å². The second kappa shape index (κ2) is 3.14. The molecular weight excluding hydrogens is 140 g/mol. The first-order chi connectivity index (χ1) is 4.46. The predicted octanol–water partition coefficient (Wildman–Crippen LogP) is -2.76. The van der Waals surface area contributed by atoms with Crippen molar-refractivity contribution in [3.63, 3.8) is 0 Å². The highest BCUT2D eigenvalue weighted by molar-refractivity contribution is 5.87. The molecule has 0 aliphatic rings. The van der Waals surface area contributed by atoms with E-state index in [2.05, 4.69) is 5.73 Å². The van der Waals surface area contributed by atoms with Crippen LogP contribution < -0.4 is 11.5 Å². The molecule has 0 aromatic rings. The molecule has 0 saturated carbocycles. The maximum Gasteiger partial charge on any atom is 0.334 e. The number of rotatable bonds is 3. The van der Waals surface area contributed by atoms with Crippen molar-refractivity contribution in [2.24, 2.45) is 11.5 Å². The smallest absolute Gasteiger partial charge is 0.334 e. The number of nitrogens with two attached hydrogens (primary N) is 2. The fraction of sp³-hybridized carbons (Fsp3) is 0.500. The van der Waals surface area contributed by atoms with E-state index in [4.69, 9.17) is 15.9 Å². The average Bonchev–Trinajstić information content (AvgIpc) is 1.84. The van der Waals surface area contributed by atoms with Crippen LogP contribution in [0.25, 0.3) is 0 Å². The highest BCUT2D eigenvalue weighted by atomic mass is 16.4. The minimum Gasteiger partial charge on any atom is -0.479 e. The van der Waals surface area contributed by atoms with Gasteiger partial charge in [0, 0.05) is 0 Å². The van der Waals surface area contributed by atoms with Crippen LogP contribution in [-0.4, -0.2) is 34.2 Å². The van der Waals surface area contributed by atoms with E-state index in [1.54, 1.807) is 0 Å². The number of hydrogen-bond donors (Lipinski definition) is 4. The summed E-state index contributed by atoms with van der Waals surface area (Å²) in [6.45, 7) is 0. The van der Waals surface area contributed by atoms with E-state index < -0.39 is 24.0 Å². The second-order valence-electron chi connectivity index (χ2n) is 1.71. The molecule has 0 aromatic heterocycles. The van der Waals surface area contributed by atoms with E-state index in [0.717, 1.165) is 0 Å². The molecular formula is C4H8N2O4. The second-order valence-corrected chi connectivity index (χ2v) is 1.71. The van der Waals surface area contributed by atoms with Gasteiger partial charge in [-0.2, -0.15) is 0 Å². The molecule has 0 bridgehead atoms. The van der Waals surface area contributed by atoms with Gasteiger partial charge in [0.05, 0.1) is 0 Å². The molecule has 1 amide bonds. The zero-order valence-electron chi connectivity index (χ0n) is 5.02. The number of aliphatic carboxylic acids is 1. The molecule has 6 nitrogen and oxygen atoms in total. The molecule has 0 spiro atoms. The molecule has 0 aromatic carbocycles. The Balaban J connectivity index is 4.07. The fourth-order valence-electron chi connectivity index (χ4n) is 0.309. The summed E-state index contributed by atoms with van der Waals surface area (Å²) in [5.41, 5.74) is 9.44. The van der Waals surface area contributed by atoms with Crippen LogP contribution in [0.5, 0.6) is 0 Å². The van der Waals surface area contributed by atoms with Crippen molar-refractivity contribution in [2.75, 3.05) is 0 Å². The summed E-state index contributed by atoms with van der Waals surface area (Å²) in [5, 5.41) is 16.6. The first-order valence-corrected chi connectivity index (χ1v) is 2.42. The van der Waals surface area contributed by atoms with E-state index in [9.17, 15) is 9.59 Å². The molecule has 0 unspecified atom stereocenters. The molecule has 0 saturated heterocycles. The van der Waals surface area contributed by atoms with Crippen LogP contribution >= 0.6 is 0 Å². The average molecular weight is 148 g/mol. The lowest BCUT2D eigenvalue weighted by Gasteiger charge is -2.09. The number of hydrogen-bond acceptors (Lipinski definition) is 4. The van der Waals surface area contributed by atoms with Gasteiger partial charge in [-0.15, -0.1) is 0 Å². The highest BCUT2D eigenvalue weighted by Gasteiger charge is 2.26. The normalized spacial score (nSPS) is 15.8. The number of carboxylic acids is 1. The van der Waals surface area contributed by atoms with Gasteiger partial charge in [0.2, 0.25) is 5.91 Å². The minimum atomic E-state index is -1.92. The van der Waals surface area contributed by atoms with Crippen LogP contribution in [0.15, 0.2) is 0 Å². The Morgan fingerprint density at radius 3 is 1.90 bits per heavy atom. The Kier molecular flexibility index (Phi) is 2.78. The quantitative estimate of drug-likeness (QED) is 0.345. The minimum absolute atomic E-state index is 1.05. The van der Waals surface area contributed by atoms with Crippen LogP contribution in [0.4, 0.5) is 0 Å². The topological polar surface area (TPSA) is 127 Å². The lowest BCUT2D eigenvalue weighted by Crippen LogP contribution is -2.49. The first-order valence-electron chi connectivity index (χ1n) is 2.42. The Labute approximate surface area is 56.4 Å². The molecule has 0 fully saturated rings. The molecule has 0 radical (unpaired) electrons. The fourth-order valence-corrected chi connectivity index (χ4v) is 0.309. The molecule has 10 heavy (non-hydrogen) atoms. The Hall–Kier alpha value is -1.14. The third kappa shape index (κ3) is 2.00. The number of aliphatic hydroxyl groups is 1. The van der Waals surface area contributed by atoms with Gasteiger partial charge < -0.3 is 21.7 Å². The van der Waals surface area contributed by atoms with Crippen LogP contribution in [-0.2, 0) is 9.59 Å². The van der Waals surface area contributed by atoms with Gasteiger partial charge in [0.1, 0.15) is 6.04 Å². The van der Waals surface area contributed by atoms with Crippen LogP contribution in [0, 0.1) is 0 Å². The van der Waals surface area contributed by atoms with E-state index >= 15 is 0 Å². The highest BCUT2D eigenvalue weighted by Crippen LogP contribution is 1.88. The summed E-state index contributed by atoms with van der Waals surface area (Å²) in [4.78, 5) is 20.0. The van der Waals surface area contributed by atoms with Gasteiger partial charge in [0.15, 0.2) is 6.10 Å². The first kappa shape index (κ1) is 8.86. The maximum absolute atomic E-state index is 10.1. The number of aliphatic hydroxyl groups excluding tert-OH is 1. The summed E-state index contributed by atoms with van der Waals surface area (Å²) in [7, 11) is 0. The van der Waals surface area contributed by atoms with Crippen molar-refractivity contribution in [3.8, 4) is 0 Å². The third-order valence-corrected chi connectivity index (χ3v) is 0.922. The van der Waals surface area contributed by atoms with Crippen molar-refractivity contribution >= 4 is 11.9 Å². The standard InChI is InChI=1S/C4H8N2O4/c5-1(3(6)8)2(7)4(9)10/h1-2,7H,5H2,(H2,6,8)(H,9,10)/t1-,2+/m1/s1. The van der Waals surface area contributed by atoms with E-state index in [-0.39, 0.29) is 0 Å². The van der Waals surface area contributed by atoms with Crippen molar-refractivity contribution in [2.45, 2.75) is 12.1 Å². The van der Waals surface area contributed by atoms with Gasteiger partial charge >= 0.3 is 5.97 Å². The Bertz CT molecular complexity index is 139. The van der Waals surface area contributed by atoms with E-state index in [1.165, 1.54) is 0 Å². The SMILES string of the molecule is NC(=O)[C@H](N)[C@H](O)C(=O)O. The summed E-state index contributed by atoms with van der Waals surface area (Å²) in [6, 6.07) is -1.54. The molecule has 2 atom stereocenters. The summed E-state index contributed by atoms with van der Waals surface area (Å²) in [5.74, 6) is -2.61. The lowest BCUT2D eigenvalue weighted by atomic mass is 10.2. The zero-order chi connectivity index (χ0) is 8.31. The number of carboxylic acid groups (broad SMARTS) is 1. The largest absolute Gasteiger partial charge is 0.479 e. The molecule has 0 heterocycles. The molecule has 0 aliphatic heterocycles. The monoisotopic (exact) mass is 148 g/mol. The number of carbonyl (C=O) groups is 2. The van der Waals surface area contributed by atoms with E-state index in [0.29, 0.717) is 0 Å². The molecule has 0 rings (SSSR count). The lowest BCUT2D eigenvalue weighted by molar-refractivity contribution is -0.149.